The van der Waals surface area contributed by atoms with E-state index in [-0.39, 0.29) is 11.4 Å². The number of hydrogen-bond acceptors (Lipinski definition) is 10. The van der Waals surface area contributed by atoms with Crippen molar-refractivity contribution in [2.75, 3.05) is 30.4 Å². The van der Waals surface area contributed by atoms with Gasteiger partial charge in [0.1, 0.15) is 11.6 Å². The quantitative estimate of drug-likeness (QED) is 0.337. The molecule has 206 valence electrons. The summed E-state index contributed by atoms with van der Waals surface area (Å²) in [6, 6.07) is 3.71. The molecule has 0 bridgehead atoms. The van der Waals surface area contributed by atoms with Gasteiger partial charge in [0.25, 0.3) is 10.0 Å². The number of methoxy groups -OCH3 is 1. The van der Waals surface area contributed by atoms with E-state index in [1.807, 2.05) is 19.3 Å². The van der Waals surface area contributed by atoms with Gasteiger partial charge in [-0.05, 0) is 31.7 Å². The van der Waals surface area contributed by atoms with Crippen LogP contribution in [0.15, 0.2) is 49.3 Å². The van der Waals surface area contributed by atoms with Gasteiger partial charge in [0, 0.05) is 51.9 Å². The highest BCUT2D eigenvalue weighted by molar-refractivity contribution is 7.90. The number of pyridine rings is 1. The van der Waals surface area contributed by atoms with Crippen molar-refractivity contribution < 1.29 is 13.2 Å². The van der Waals surface area contributed by atoms with Crippen LogP contribution in [0.4, 0.5) is 17.3 Å². The number of piperidine rings is 1. The van der Waals surface area contributed by atoms with Gasteiger partial charge in [0.05, 0.1) is 52.3 Å². The molecule has 40 heavy (non-hydrogen) atoms. The Labute approximate surface area is 232 Å². The highest BCUT2D eigenvalue weighted by atomic mass is 32.2. The third-order valence-electron chi connectivity index (χ3n) is 6.98. The standard InChI is InChI=1S/C27H29N9O3S/c1-34-17-19(14-30-34)3-4-20-15-29-26(13-24(20)35-11-8-22(39-2)9-12-35)32-25-7-10-28-27(33-25)21-16-31-36(18-21)40(37,38)23-5-6-23/h7,10,13-18,22-23H,5-6,8-9,11-12H2,1-2H3,(H,28,29,32,33). The Kier molecular flexibility index (Phi) is 6.95. The van der Waals surface area contributed by atoms with E-state index in [0.29, 0.717) is 35.9 Å². The normalized spacial score (nSPS) is 16.0. The Morgan fingerprint density at radius 1 is 1.00 bits per heavy atom. The summed E-state index contributed by atoms with van der Waals surface area (Å²) in [7, 11) is 0.155. The van der Waals surface area contributed by atoms with Crippen molar-refractivity contribution in [3.8, 4) is 23.2 Å². The Morgan fingerprint density at radius 3 is 2.55 bits per heavy atom. The third-order valence-corrected chi connectivity index (χ3v) is 9.02. The summed E-state index contributed by atoms with van der Waals surface area (Å²) in [6.45, 7) is 1.68. The van der Waals surface area contributed by atoms with Crippen LogP contribution < -0.4 is 10.2 Å². The average molecular weight is 560 g/mol. The molecular formula is C27H29N9O3S. The van der Waals surface area contributed by atoms with E-state index in [0.717, 1.165) is 46.8 Å². The van der Waals surface area contributed by atoms with Crippen molar-refractivity contribution in [3.05, 3.63) is 60.4 Å². The number of nitrogens with zero attached hydrogens (tertiary/aromatic N) is 8. The molecule has 0 unspecified atom stereocenters. The molecule has 6 rings (SSSR count). The van der Waals surface area contributed by atoms with Gasteiger partial charge in [-0.2, -0.15) is 14.3 Å². The van der Waals surface area contributed by atoms with Gasteiger partial charge in [-0.15, -0.1) is 0 Å². The van der Waals surface area contributed by atoms with E-state index in [1.165, 1.54) is 12.4 Å². The molecule has 2 fully saturated rings. The molecule has 1 aliphatic heterocycles. The van der Waals surface area contributed by atoms with Crippen LogP contribution in [0.5, 0.6) is 0 Å². The molecule has 1 saturated carbocycles. The first kappa shape index (κ1) is 26.0. The summed E-state index contributed by atoms with van der Waals surface area (Å²) < 4.78 is 33.3. The zero-order valence-corrected chi connectivity index (χ0v) is 23.0. The summed E-state index contributed by atoms with van der Waals surface area (Å²) in [5, 5.41) is 11.1. The second-order valence-electron chi connectivity index (χ2n) is 9.90. The fourth-order valence-corrected chi connectivity index (χ4v) is 6.08. The van der Waals surface area contributed by atoms with E-state index < -0.39 is 10.0 Å². The van der Waals surface area contributed by atoms with Crippen LogP contribution in [0.2, 0.25) is 0 Å². The second-order valence-corrected chi connectivity index (χ2v) is 12.0. The van der Waals surface area contributed by atoms with E-state index >= 15 is 0 Å². The number of hydrogen-bond donors (Lipinski definition) is 1. The molecule has 1 N–H and O–H groups in total. The van der Waals surface area contributed by atoms with Crippen LogP contribution in [0.25, 0.3) is 11.4 Å². The van der Waals surface area contributed by atoms with E-state index in [2.05, 4.69) is 47.2 Å². The monoisotopic (exact) mass is 559 g/mol. The average Bonchev–Trinajstić information content (AvgIpc) is 3.57. The smallest absolute Gasteiger partial charge is 0.256 e. The van der Waals surface area contributed by atoms with E-state index in [4.69, 9.17) is 4.74 Å². The summed E-state index contributed by atoms with van der Waals surface area (Å²) in [4.78, 5) is 15.8. The lowest BCUT2D eigenvalue weighted by Crippen LogP contribution is -2.37. The van der Waals surface area contributed by atoms with Crippen molar-refractivity contribution in [1.29, 1.82) is 0 Å². The zero-order chi connectivity index (χ0) is 27.7. The Morgan fingerprint density at radius 2 is 1.82 bits per heavy atom. The van der Waals surface area contributed by atoms with Crippen molar-refractivity contribution in [2.45, 2.75) is 37.0 Å². The summed E-state index contributed by atoms with van der Waals surface area (Å²) in [5.41, 5.74) is 3.14. The first-order valence-corrected chi connectivity index (χ1v) is 14.6. The number of aromatic nitrogens is 7. The molecule has 4 aromatic rings. The van der Waals surface area contributed by atoms with Gasteiger partial charge in [-0.25, -0.2) is 23.4 Å². The Bertz CT molecular complexity index is 1690. The number of anilines is 3. The van der Waals surface area contributed by atoms with Crippen LogP contribution in [0.3, 0.4) is 0 Å². The summed E-state index contributed by atoms with van der Waals surface area (Å²) >= 11 is 0. The number of rotatable bonds is 7. The van der Waals surface area contributed by atoms with Crippen molar-refractivity contribution >= 4 is 27.3 Å². The maximum Gasteiger partial charge on any atom is 0.256 e. The van der Waals surface area contributed by atoms with Gasteiger partial charge in [0.2, 0.25) is 0 Å². The van der Waals surface area contributed by atoms with E-state index in [9.17, 15) is 8.42 Å². The van der Waals surface area contributed by atoms with Crippen LogP contribution >= 0.6 is 0 Å². The fraction of sp³-hybridized carbons (Fsp3) is 0.370. The lowest BCUT2D eigenvalue weighted by molar-refractivity contribution is 0.0819. The van der Waals surface area contributed by atoms with Gasteiger partial charge < -0.3 is 15.0 Å². The minimum absolute atomic E-state index is 0.253. The van der Waals surface area contributed by atoms with Crippen LogP contribution in [0.1, 0.15) is 36.8 Å². The fourth-order valence-electron chi connectivity index (χ4n) is 4.61. The predicted octanol–water partition coefficient (Wildman–Crippen LogP) is 2.57. The zero-order valence-electron chi connectivity index (χ0n) is 22.2. The van der Waals surface area contributed by atoms with E-state index in [1.54, 1.807) is 36.4 Å². The summed E-state index contributed by atoms with van der Waals surface area (Å²) in [5.74, 6) is 7.94. The second kappa shape index (κ2) is 10.7. The van der Waals surface area contributed by atoms with Gasteiger partial charge in [-0.3, -0.25) is 4.68 Å². The molecule has 0 spiro atoms. The lowest BCUT2D eigenvalue weighted by Gasteiger charge is -2.33. The van der Waals surface area contributed by atoms with Crippen molar-refractivity contribution in [2.24, 2.45) is 7.05 Å². The molecular weight excluding hydrogens is 530 g/mol. The van der Waals surface area contributed by atoms with Crippen molar-refractivity contribution in [1.82, 2.24) is 33.9 Å². The first-order valence-electron chi connectivity index (χ1n) is 13.1. The topological polar surface area (TPSA) is 133 Å². The van der Waals surface area contributed by atoms with Crippen LogP contribution in [0, 0.1) is 11.8 Å². The SMILES string of the molecule is COC1CCN(c2cc(Nc3ccnc(-c4cnn(S(=O)(=O)C5CC5)c4)n3)ncc2C#Cc2cnn(C)c2)CC1. The predicted molar refractivity (Wildman–Crippen MR) is 150 cm³/mol. The highest BCUT2D eigenvalue weighted by Gasteiger charge is 2.37. The maximum absolute atomic E-state index is 12.5. The minimum Gasteiger partial charge on any atom is -0.381 e. The molecule has 1 saturated heterocycles. The van der Waals surface area contributed by atoms with Gasteiger partial charge in [-0.1, -0.05) is 11.8 Å². The number of nitrogens with one attached hydrogen (secondary N) is 1. The molecule has 0 aromatic carbocycles. The summed E-state index contributed by atoms with van der Waals surface area (Å²) in [6.07, 6.45) is 13.4. The molecule has 0 atom stereocenters. The molecule has 13 heteroatoms. The molecule has 0 amide bonds. The lowest BCUT2D eigenvalue weighted by atomic mass is 10.1. The molecule has 2 aliphatic rings. The molecule has 12 nitrogen and oxygen atoms in total. The first-order chi connectivity index (χ1) is 19.4. The van der Waals surface area contributed by atoms with Gasteiger partial charge in [0.15, 0.2) is 5.82 Å². The van der Waals surface area contributed by atoms with Crippen LogP contribution in [-0.2, 0) is 21.8 Å². The van der Waals surface area contributed by atoms with Gasteiger partial charge >= 0.3 is 0 Å². The molecule has 4 aromatic heterocycles. The Hall–Kier alpha value is -4.28. The van der Waals surface area contributed by atoms with Crippen molar-refractivity contribution in [3.63, 3.8) is 0 Å². The van der Waals surface area contributed by atoms with Crippen LogP contribution in [-0.4, -0.2) is 73.9 Å². The number of ether oxygens (including phenoxy) is 1. The third kappa shape index (κ3) is 5.54. The highest BCUT2D eigenvalue weighted by Crippen LogP contribution is 2.31. The number of aryl methyl sites for hydroxylation is 1. The Balaban J connectivity index is 1.26. The largest absolute Gasteiger partial charge is 0.381 e. The molecule has 5 heterocycles. The molecule has 0 radical (unpaired) electrons. The maximum atomic E-state index is 12.5. The molecule has 1 aliphatic carbocycles. The minimum atomic E-state index is -3.46.